The molecule has 1 fully saturated rings. The van der Waals surface area contributed by atoms with Gasteiger partial charge >= 0.3 is 0 Å². The molecule has 0 saturated heterocycles. The van der Waals surface area contributed by atoms with Crippen molar-refractivity contribution in [2.75, 3.05) is 10.6 Å². The van der Waals surface area contributed by atoms with Crippen molar-refractivity contribution in [2.24, 2.45) is 11.1 Å². The molecule has 1 saturated carbocycles. The predicted octanol–water partition coefficient (Wildman–Crippen LogP) is 1.94. The van der Waals surface area contributed by atoms with Gasteiger partial charge in [-0.2, -0.15) is 0 Å². The van der Waals surface area contributed by atoms with Crippen LogP contribution >= 0.6 is 11.3 Å². The number of nitrogens with two attached hydrogens (primary N) is 1. The number of anilines is 2. The van der Waals surface area contributed by atoms with Crippen LogP contribution in [0.5, 0.6) is 0 Å². The normalized spacial score (nSPS) is 14.0. The molecular weight excluding hydrogens is 388 g/mol. The van der Waals surface area contributed by atoms with Gasteiger partial charge in [-0.3, -0.25) is 9.59 Å². The number of thiazole rings is 1. The van der Waals surface area contributed by atoms with Gasteiger partial charge < -0.3 is 10.6 Å². The zero-order valence-electron chi connectivity index (χ0n) is 14.9. The molecule has 0 unspecified atom stereocenters. The lowest BCUT2D eigenvalue weighted by molar-refractivity contribution is -0.117. The largest absolute Gasteiger partial charge is 0.325 e. The Bertz CT molecular complexity index is 1010. The van der Waals surface area contributed by atoms with Crippen LogP contribution in [0.25, 0.3) is 0 Å². The van der Waals surface area contributed by atoms with Gasteiger partial charge in [-0.25, -0.2) is 18.5 Å². The molecule has 1 aromatic carbocycles. The summed E-state index contributed by atoms with van der Waals surface area (Å²) in [6.07, 6.45) is 1.82. The van der Waals surface area contributed by atoms with Crippen LogP contribution in [0, 0.1) is 19.8 Å². The van der Waals surface area contributed by atoms with Crippen LogP contribution < -0.4 is 15.8 Å². The lowest BCUT2D eigenvalue weighted by atomic mass is 10.1. The Morgan fingerprint density at radius 1 is 1.26 bits per heavy atom. The summed E-state index contributed by atoms with van der Waals surface area (Å²) in [5, 5.41) is 12.8. The monoisotopic (exact) mass is 408 g/mol. The Hall–Kier alpha value is -2.30. The van der Waals surface area contributed by atoms with Crippen LogP contribution in [0.4, 0.5) is 10.8 Å². The minimum Gasteiger partial charge on any atom is -0.325 e. The summed E-state index contributed by atoms with van der Waals surface area (Å²) >= 11 is 1.26. The molecule has 0 aliphatic heterocycles. The molecule has 1 heterocycles. The molecule has 144 valence electrons. The molecule has 0 bridgehead atoms. The van der Waals surface area contributed by atoms with E-state index in [1.54, 1.807) is 19.2 Å². The zero-order chi connectivity index (χ0) is 19.8. The van der Waals surface area contributed by atoms with Gasteiger partial charge in [0.2, 0.25) is 21.8 Å². The van der Waals surface area contributed by atoms with E-state index in [9.17, 15) is 18.0 Å². The summed E-state index contributed by atoms with van der Waals surface area (Å²) in [5.41, 5.74) is 2.38. The fourth-order valence-corrected chi connectivity index (χ4v) is 3.81. The van der Waals surface area contributed by atoms with Gasteiger partial charge in [0.05, 0.1) is 17.0 Å². The molecule has 1 aliphatic rings. The third-order valence-electron chi connectivity index (χ3n) is 4.32. The molecule has 8 nitrogen and oxygen atoms in total. The zero-order valence-corrected chi connectivity index (χ0v) is 16.5. The Morgan fingerprint density at radius 3 is 2.59 bits per heavy atom. The Morgan fingerprint density at radius 2 is 1.96 bits per heavy atom. The van der Waals surface area contributed by atoms with Crippen molar-refractivity contribution in [3.05, 3.63) is 34.3 Å². The second-order valence-corrected chi connectivity index (χ2v) is 9.01. The highest BCUT2D eigenvalue weighted by atomic mass is 32.2. The number of carbonyl (C=O) groups is 2. The molecule has 1 aromatic heterocycles. The minimum atomic E-state index is -3.87. The highest BCUT2D eigenvalue weighted by Crippen LogP contribution is 2.30. The first kappa shape index (κ1) is 19.5. The average molecular weight is 409 g/mol. The molecule has 2 aromatic rings. The number of nitrogens with one attached hydrogen (secondary N) is 2. The van der Waals surface area contributed by atoms with Crippen LogP contribution in [0.15, 0.2) is 22.4 Å². The molecule has 4 N–H and O–H groups in total. The molecular formula is C17H20N4O4S2. The maximum Gasteiger partial charge on any atom is 0.238 e. The first-order chi connectivity index (χ1) is 12.6. The van der Waals surface area contributed by atoms with Crippen molar-refractivity contribution < 1.29 is 18.0 Å². The number of amides is 2. The summed E-state index contributed by atoms with van der Waals surface area (Å²) in [5.74, 6) is -0.293. The van der Waals surface area contributed by atoms with Crippen molar-refractivity contribution in [3.63, 3.8) is 0 Å². The average Bonchev–Trinajstić information content (AvgIpc) is 3.33. The van der Waals surface area contributed by atoms with Crippen LogP contribution in [0.1, 0.15) is 29.7 Å². The number of primary sulfonamides is 1. The topological polar surface area (TPSA) is 131 Å². The Balaban J connectivity index is 1.68. The van der Waals surface area contributed by atoms with Gasteiger partial charge in [0.1, 0.15) is 0 Å². The van der Waals surface area contributed by atoms with Gasteiger partial charge in [0.25, 0.3) is 0 Å². The number of benzene rings is 1. The molecule has 2 amide bonds. The first-order valence-corrected chi connectivity index (χ1v) is 10.8. The van der Waals surface area contributed by atoms with E-state index < -0.39 is 10.0 Å². The molecule has 1 aliphatic carbocycles. The summed E-state index contributed by atoms with van der Waals surface area (Å²) in [6.45, 7) is 3.53. The van der Waals surface area contributed by atoms with Crippen LogP contribution in [-0.4, -0.2) is 25.2 Å². The number of hydrogen-bond acceptors (Lipinski definition) is 6. The molecule has 3 rings (SSSR count). The number of sulfonamides is 1. The second kappa shape index (κ2) is 7.37. The van der Waals surface area contributed by atoms with Crippen molar-refractivity contribution >= 4 is 44.0 Å². The summed E-state index contributed by atoms with van der Waals surface area (Å²) in [7, 11) is -3.87. The fraction of sp³-hybridized carbons (Fsp3) is 0.353. The number of aromatic nitrogens is 1. The molecule has 27 heavy (non-hydrogen) atoms. The first-order valence-electron chi connectivity index (χ1n) is 8.32. The van der Waals surface area contributed by atoms with Gasteiger partial charge in [-0.15, -0.1) is 11.3 Å². The minimum absolute atomic E-state index is 0.00783. The molecule has 0 spiro atoms. The van der Waals surface area contributed by atoms with Gasteiger partial charge in [0.15, 0.2) is 5.13 Å². The number of hydrogen-bond donors (Lipinski definition) is 3. The second-order valence-electron chi connectivity index (χ2n) is 6.59. The predicted molar refractivity (Wildman–Crippen MR) is 103 cm³/mol. The lowest BCUT2D eigenvalue weighted by Crippen LogP contribution is -2.18. The van der Waals surface area contributed by atoms with Crippen molar-refractivity contribution in [2.45, 2.75) is 38.0 Å². The van der Waals surface area contributed by atoms with Gasteiger partial charge in [-0.05, 0) is 49.9 Å². The molecule has 0 radical (unpaired) electrons. The fourth-order valence-electron chi connectivity index (χ4n) is 2.48. The van der Waals surface area contributed by atoms with Crippen molar-refractivity contribution in [1.29, 1.82) is 0 Å². The number of carbonyl (C=O) groups excluding carboxylic acids is 2. The third-order valence-corrected chi connectivity index (χ3v) is 6.01. The van der Waals surface area contributed by atoms with E-state index in [1.165, 1.54) is 23.5 Å². The van der Waals surface area contributed by atoms with E-state index in [2.05, 4.69) is 15.6 Å². The number of aryl methyl sites for hydroxylation is 1. The molecule has 0 atom stereocenters. The molecule has 10 heteroatoms. The maximum absolute atomic E-state index is 12.3. The van der Waals surface area contributed by atoms with Crippen LogP contribution in [0.2, 0.25) is 0 Å². The summed E-state index contributed by atoms with van der Waals surface area (Å²) in [4.78, 5) is 28.3. The van der Waals surface area contributed by atoms with Crippen LogP contribution in [0.3, 0.4) is 0 Å². The van der Waals surface area contributed by atoms with Crippen molar-refractivity contribution in [1.82, 2.24) is 4.98 Å². The highest BCUT2D eigenvalue weighted by molar-refractivity contribution is 7.89. The SMILES string of the molecule is Cc1cc(S(N)(=O)=O)cc(NC(=O)Cc2csc(NC(=O)C3CC3)n2)c1C. The standard InChI is InChI=1S/C17H20N4O4S2/c1-9-5-13(27(18,24)25)7-14(10(9)2)20-15(22)6-12-8-26-17(19-12)21-16(23)11-3-4-11/h5,7-8,11H,3-4,6H2,1-2H3,(H,20,22)(H2,18,24,25)(H,19,21,23). The number of nitrogens with zero attached hydrogens (tertiary/aromatic N) is 1. The number of rotatable bonds is 6. The van der Waals surface area contributed by atoms with E-state index in [0.29, 0.717) is 22.1 Å². The third kappa shape index (κ3) is 4.90. The lowest BCUT2D eigenvalue weighted by Gasteiger charge is -2.12. The van der Waals surface area contributed by atoms with Gasteiger partial charge in [0, 0.05) is 17.0 Å². The van der Waals surface area contributed by atoms with E-state index >= 15 is 0 Å². The van der Waals surface area contributed by atoms with Crippen molar-refractivity contribution in [3.8, 4) is 0 Å². The summed E-state index contributed by atoms with van der Waals surface area (Å²) < 4.78 is 23.2. The van der Waals surface area contributed by atoms with E-state index in [0.717, 1.165) is 18.4 Å². The Labute approximate surface area is 161 Å². The smallest absolute Gasteiger partial charge is 0.238 e. The van der Waals surface area contributed by atoms with E-state index in [4.69, 9.17) is 5.14 Å². The van der Waals surface area contributed by atoms with Gasteiger partial charge in [-0.1, -0.05) is 0 Å². The van der Waals surface area contributed by atoms with E-state index in [1.807, 2.05) is 0 Å². The Kier molecular flexibility index (Phi) is 5.31. The maximum atomic E-state index is 12.3. The van der Waals surface area contributed by atoms with E-state index in [-0.39, 0.29) is 29.0 Å². The van der Waals surface area contributed by atoms with Crippen LogP contribution in [-0.2, 0) is 26.0 Å². The summed E-state index contributed by atoms with van der Waals surface area (Å²) in [6, 6.07) is 2.81. The highest BCUT2D eigenvalue weighted by Gasteiger charge is 2.30. The quantitative estimate of drug-likeness (QED) is 0.672.